The number of Topliss-reactive ketones (excluding diaryl/α,β-unsaturated/α-hetero) is 1. The van der Waals surface area contributed by atoms with Gasteiger partial charge in [-0.15, -0.1) is 0 Å². The summed E-state index contributed by atoms with van der Waals surface area (Å²) in [5.41, 5.74) is -0.891. The van der Waals surface area contributed by atoms with Gasteiger partial charge in [-0.2, -0.15) is 25.6 Å². The summed E-state index contributed by atoms with van der Waals surface area (Å²) in [5.74, 6) is -1.01. The Morgan fingerprint density at radius 2 is 1.29 bits per heavy atom. The normalized spacial score (nSPS) is 29.8. The summed E-state index contributed by atoms with van der Waals surface area (Å²) in [6.07, 6.45) is 0.942. The van der Waals surface area contributed by atoms with Crippen LogP contribution in [0, 0.1) is 11.3 Å². The molecule has 4 atom stereocenters. The second-order valence-electron chi connectivity index (χ2n) is 10.8. The minimum Gasteiger partial charge on any atom is -0.358 e. The van der Waals surface area contributed by atoms with Crippen LogP contribution in [0.25, 0.3) is 0 Å². The number of hydrogen-bond acceptors (Lipinski definition) is 6. The lowest BCUT2D eigenvalue weighted by molar-refractivity contribution is -0.150. The quantitative estimate of drug-likeness (QED) is 0.419. The number of fused-ring (bicyclic) bond motifs is 5. The predicted molar refractivity (Wildman–Crippen MR) is 155 cm³/mol. The van der Waals surface area contributed by atoms with Crippen LogP contribution in [0.1, 0.15) is 32.3 Å². The van der Waals surface area contributed by atoms with E-state index < -0.39 is 43.1 Å². The summed E-state index contributed by atoms with van der Waals surface area (Å²) < 4.78 is 69.5. The first-order valence-electron chi connectivity index (χ1n) is 13.2. The Hall–Kier alpha value is -3.73. The largest absolute Gasteiger partial charge is 0.358 e. The number of ketones is 1. The number of rotatable bonds is 5. The van der Waals surface area contributed by atoms with Crippen molar-refractivity contribution in [3.8, 4) is 0 Å². The maximum atomic E-state index is 13.6. The fourth-order valence-corrected chi connectivity index (χ4v) is 8.66. The molecule has 2 aliphatic heterocycles. The van der Waals surface area contributed by atoms with Crippen LogP contribution in [0.4, 0.5) is 0 Å². The molecule has 210 valence electrons. The SMILES string of the molecule is CC1=CC(=N\S(=O)(=O)c2ccccc2)/[C@]2(C)C(/C1=N\S(=O)(=O)c1ccccc1)[C@]1(c3ccccc3)CCC(=O)[C@H]2O1. The maximum absolute atomic E-state index is 13.6. The molecule has 2 fully saturated rings. The monoisotopic (exact) mass is 588 g/mol. The van der Waals surface area contributed by atoms with Gasteiger partial charge >= 0.3 is 0 Å². The molecule has 0 N–H and O–H groups in total. The Balaban J connectivity index is 1.65. The van der Waals surface area contributed by atoms with Crippen LogP contribution in [0.5, 0.6) is 0 Å². The van der Waals surface area contributed by atoms with Gasteiger partial charge < -0.3 is 4.74 Å². The van der Waals surface area contributed by atoms with E-state index in [-0.39, 0.29) is 39.8 Å². The van der Waals surface area contributed by atoms with Crippen molar-refractivity contribution in [2.75, 3.05) is 0 Å². The number of allylic oxidation sites excluding steroid dienone is 2. The fraction of sp³-hybridized carbons (Fsp3) is 0.258. The van der Waals surface area contributed by atoms with Gasteiger partial charge in [-0.25, -0.2) is 0 Å². The maximum Gasteiger partial charge on any atom is 0.282 e. The van der Waals surface area contributed by atoms with Crippen molar-refractivity contribution < 1.29 is 26.4 Å². The molecule has 0 spiro atoms. The molecule has 2 saturated heterocycles. The van der Waals surface area contributed by atoms with Crippen LogP contribution in [-0.2, 0) is 35.2 Å². The Morgan fingerprint density at radius 1 is 0.780 bits per heavy atom. The standard InChI is InChI=1S/C31H28N2O6S2/c1-21-20-26(32-40(35,36)23-14-8-4-9-15-23)30(2)28(27(21)33-41(37,38)24-16-10-5-11-17-24)31(22-12-6-3-7-13-22)19-18-25(34)29(30)39-31/h3-17,20,28-29H,18-19H2,1-2H3/b32-26+,33-27-/t28?,29-,30-,31-/m1/s1. The van der Waals surface area contributed by atoms with Crippen molar-refractivity contribution in [2.24, 2.45) is 20.1 Å². The second-order valence-corrected chi connectivity index (χ2v) is 14.0. The molecule has 6 rings (SSSR count). The zero-order valence-electron chi connectivity index (χ0n) is 22.5. The predicted octanol–water partition coefficient (Wildman–Crippen LogP) is 4.89. The molecule has 2 heterocycles. The molecule has 41 heavy (non-hydrogen) atoms. The lowest BCUT2D eigenvalue weighted by Crippen LogP contribution is -2.50. The minimum atomic E-state index is -4.17. The molecular weight excluding hydrogens is 560 g/mol. The van der Waals surface area contributed by atoms with Gasteiger partial charge in [0.15, 0.2) is 5.78 Å². The van der Waals surface area contributed by atoms with Gasteiger partial charge in [-0.3, -0.25) is 4.79 Å². The first-order chi connectivity index (χ1) is 19.5. The minimum absolute atomic E-state index is 0.0100. The molecule has 10 heteroatoms. The van der Waals surface area contributed by atoms with E-state index in [1.54, 1.807) is 50.2 Å². The Labute approximate surface area is 239 Å². The van der Waals surface area contributed by atoms with Gasteiger partial charge in [-0.1, -0.05) is 73.7 Å². The average molecular weight is 589 g/mol. The zero-order valence-corrected chi connectivity index (χ0v) is 24.1. The first kappa shape index (κ1) is 27.4. The summed E-state index contributed by atoms with van der Waals surface area (Å²) in [5, 5.41) is 0. The van der Waals surface area contributed by atoms with Crippen molar-refractivity contribution in [3.63, 3.8) is 0 Å². The topological polar surface area (TPSA) is 119 Å². The number of hydrogen-bond donors (Lipinski definition) is 0. The third-order valence-corrected chi connectivity index (χ3v) is 10.9. The second kappa shape index (κ2) is 9.68. The van der Waals surface area contributed by atoms with E-state index in [0.29, 0.717) is 5.57 Å². The summed E-state index contributed by atoms with van der Waals surface area (Å²) in [6.45, 7) is 3.43. The van der Waals surface area contributed by atoms with E-state index in [0.717, 1.165) is 5.56 Å². The van der Waals surface area contributed by atoms with Gasteiger partial charge in [-0.05, 0) is 54.8 Å². The molecule has 3 aliphatic rings. The van der Waals surface area contributed by atoms with Gasteiger partial charge in [0.05, 0.1) is 26.6 Å². The van der Waals surface area contributed by atoms with Crippen molar-refractivity contribution >= 4 is 37.3 Å². The van der Waals surface area contributed by atoms with E-state index in [9.17, 15) is 21.6 Å². The van der Waals surface area contributed by atoms with Crippen LogP contribution in [0.2, 0.25) is 0 Å². The summed E-state index contributed by atoms with van der Waals surface area (Å²) in [7, 11) is -8.32. The van der Waals surface area contributed by atoms with Crippen LogP contribution in [-0.4, -0.2) is 40.1 Å². The van der Waals surface area contributed by atoms with Crippen LogP contribution < -0.4 is 0 Å². The Bertz CT molecular complexity index is 1840. The third-order valence-electron chi connectivity index (χ3n) is 8.34. The van der Waals surface area contributed by atoms with Crippen LogP contribution in [0.15, 0.2) is 121 Å². The number of nitrogens with zero attached hydrogens (tertiary/aromatic N) is 2. The Morgan fingerprint density at radius 3 is 1.85 bits per heavy atom. The molecular formula is C31H28N2O6S2. The van der Waals surface area contributed by atoms with Crippen molar-refractivity contribution in [1.29, 1.82) is 0 Å². The van der Waals surface area contributed by atoms with E-state index in [1.165, 1.54) is 30.3 Å². The average Bonchev–Trinajstić information content (AvgIpc) is 3.21. The first-order valence-corrected chi connectivity index (χ1v) is 16.1. The van der Waals surface area contributed by atoms with E-state index in [1.807, 2.05) is 30.3 Å². The number of benzene rings is 3. The lowest BCUT2D eigenvalue weighted by atomic mass is 9.59. The molecule has 0 aromatic heterocycles. The molecule has 1 aliphatic carbocycles. The molecule has 8 nitrogen and oxygen atoms in total. The summed E-state index contributed by atoms with van der Waals surface area (Å²) in [4.78, 5) is 13.5. The summed E-state index contributed by atoms with van der Waals surface area (Å²) in [6, 6.07) is 25.1. The van der Waals surface area contributed by atoms with E-state index >= 15 is 0 Å². The highest BCUT2D eigenvalue weighted by Gasteiger charge is 2.70. The zero-order chi connectivity index (χ0) is 29.0. The summed E-state index contributed by atoms with van der Waals surface area (Å²) >= 11 is 0. The molecule has 0 radical (unpaired) electrons. The molecule has 2 bridgehead atoms. The van der Waals surface area contributed by atoms with Gasteiger partial charge in [0.1, 0.15) is 11.7 Å². The highest BCUT2D eigenvalue weighted by atomic mass is 32.2. The number of ether oxygens (including phenoxy) is 1. The van der Waals surface area contributed by atoms with Gasteiger partial charge in [0.25, 0.3) is 20.0 Å². The van der Waals surface area contributed by atoms with Gasteiger partial charge in [0, 0.05) is 12.3 Å². The molecule has 0 amide bonds. The number of sulfonamides is 2. The number of carbonyl (C=O) groups excluding carboxylic acids is 1. The third kappa shape index (κ3) is 4.32. The van der Waals surface area contributed by atoms with Crippen LogP contribution in [0.3, 0.4) is 0 Å². The Kier molecular flexibility index (Phi) is 6.48. The highest BCUT2D eigenvalue weighted by molar-refractivity contribution is 7.90. The fourth-order valence-electron chi connectivity index (χ4n) is 6.43. The molecule has 1 unspecified atom stereocenters. The molecule has 3 aromatic rings. The number of carbonyl (C=O) groups is 1. The molecule has 3 aromatic carbocycles. The van der Waals surface area contributed by atoms with Crippen molar-refractivity contribution in [3.05, 3.63) is 108 Å². The van der Waals surface area contributed by atoms with E-state index in [4.69, 9.17) is 4.74 Å². The smallest absolute Gasteiger partial charge is 0.282 e. The molecule has 0 saturated carbocycles. The van der Waals surface area contributed by atoms with Crippen molar-refractivity contribution in [2.45, 2.75) is 48.2 Å². The van der Waals surface area contributed by atoms with Gasteiger partial charge in [0.2, 0.25) is 0 Å². The highest BCUT2D eigenvalue weighted by Crippen LogP contribution is 2.62. The van der Waals surface area contributed by atoms with E-state index in [2.05, 4.69) is 8.80 Å². The van der Waals surface area contributed by atoms with Crippen molar-refractivity contribution in [1.82, 2.24) is 0 Å². The van der Waals surface area contributed by atoms with Crippen LogP contribution >= 0.6 is 0 Å². The lowest BCUT2D eigenvalue weighted by Gasteiger charge is -2.42.